The molecule has 0 radical (unpaired) electrons. The van der Waals surface area contributed by atoms with E-state index in [9.17, 15) is 0 Å². The predicted molar refractivity (Wildman–Crippen MR) is 157 cm³/mol. The van der Waals surface area contributed by atoms with Gasteiger partial charge in [-0.05, 0) is 42.7 Å². The van der Waals surface area contributed by atoms with Gasteiger partial charge in [0.05, 0.1) is 24.6 Å². The van der Waals surface area contributed by atoms with Gasteiger partial charge in [-0.25, -0.2) is 0 Å². The molecule has 8 heteroatoms. The summed E-state index contributed by atoms with van der Waals surface area (Å²) in [6.45, 7) is 7.50. The van der Waals surface area contributed by atoms with Gasteiger partial charge in [-0.1, -0.05) is 30.8 Å². The Hall–Kier alpha value is 0.500. The highest BCUT2D eigenvalue weighted by Crippen LogP contribution is 2.48. The van der Waals surface area contributed by atoms with E-state index in [1.54, 1.807) is 14.2 Å². The Bertz CT molecular complexity index is 770. The number of benzene rings is 2. The zero-order valence-corrected chi connectivity index (χ0v) is 25.1. The molecule has 0 atom stereocenters. The van der Waals surface area contributed by atoms with Crippen LogP contribution in [0.5, 0.6) is 0 Å². The van der Waals surface area contributed by atoms with Crippen LogP contribution in [0.1, 0.15) is 18.1 Å². The van der Waals surface area contributed by atoms with Crippen LogP contribution in [0.15, 0.2) is 40.1 Å². The van der Waals surface area contributed by atoms with E-state index in [1.807, 2.05) is 11.8 Å². The summed E-state index contributed by atoms with van der Waals surface area (Å²) in [4.78, 5) is 4.92. The standard InChI is InChI=1S/C21H28N2O2S.3HI/c1-5-16-13-17(23(9-11-24-3)10-12-25-4)14-19-21(16)22-20-15(2)7-6-8-18(20)26-19;;;/h6-8,13-14,22H,5,9-12H2,1-4H3;3*1H. The first-order valence-corrected chi connectivity index (χ1v) is 9.93. The minimum absolute atomic E-state index is 0. The van der Waals surface area contributed by atoms with Crippen molar-refractivity contribution in [3.05, 3.63) is 41.5 Å². The van der Waals surface area contributed by atoms with E-state index in [2.05, 4.69) is 54.4 Å². The van der Waals surface area contributed by atoms with E-state index in [1.165, 1.54) is 38.0 Å². The van der Waals surface area contributed by atoms with Crippen LogP contribution in [-0.2, 0) is 15.9 Å². The molecule has 0 aliphatic carbocycles. The van der Waals surface area contributed by atoms with Crippen LogP contribution in [0.3, 0.4) is 0 Å². The Balaban J connectivity index is 0.00000261. The van der Waals surface area contributed by atoms with Crippen molar-refractivity contribution >= 4 is 101 Å². The summed E-state index contributed by atoms with van der Waals surface area (Å²) in [7, 11) is 3.50. The lowest BCUT2D eigenvalue weighted by Crippen LogP contribution is -2.30. The maximum atomic E-state index is 5.30. The number of aryl methyl sites for hydroxylation is 2. The van der Waals surface area contributed by atoms with E-state index in [0.29, 0.717) is 13.2 Å². The first kappa shape index (κ1) is 29.5. The average molecular weight is 756 g/mol. The minimum atomic E-state index is 0. The Kier molecular flexibility index (Phi) is 14.8. The third kappa shape index (κ3) is 7.26. The molecule has 0 unspecified atom stereocenters. The van der Waals surface area contributed by atoms with E-state index < -0.39 is 0 Å². The molecule has 1 aliphatic rings. The maximum absolute atomic E-state index is 5.30. The summed E-state index contributed by atoms with van der Waals surface area (Å²) in [5.41, 5.74) is 6.36. The summed E-state index contributed by atoms with van der Waals surface area (Å²) in [6.07, 6.45) is 0.993. The van der Waals surface area contributed by atoms with Gasteiger partial charge in [-0.3, -0.25) is 0 Å². The molecule has 164 valence electrons. The van der Waals surface area contributed by atoms with Crippen molar-refractivity contribution in [2.75, 3.05) is 50.7 Å². The molecule has 0 saturated heterocycles. The summed E-state index contributed by atoms with van der Waals surface area (Å²) in [5, 5.41) is 3.69. The molecule has 3 rings (SSSR count). The third-order valence-corrected chi connectivity index (χ3v) is 5.85. The third-order valence-electron chi connectivity index (χ3n) is 4.75. The van der Waals surface area contributed by atoms with E-state index in [-0.39, 0.29) is 71.9 Å². The number of hydrogen-bond acceptors (Lipinski definition) is 5. The van der Waals surface area contributed by atoms with Gasteiger partial charge in [0.15, 0.2) is 0 Å². The number of hydrogen-bond donors (Lipinski definition) is 1. The fourth-order valence-electron chi connectivity index (χ4n) is 3.24. The molecule has 29 heavy (non-hydrogen) atoms. The molecule has 2 aromatic rings. The fraction of sp³-hybridized carbons (Fsp3) is 0.429. The van der Waals surface area contributed by atoms with Crippen molar-refractivity contribution in [2.24, 2.45) is 0 Å². The second-order valence-electron chi connectivity index (χ2n) is 6.48. The first-order valence-electron chi connectivity index (χ1n) is 9.12. The zero-order valence-electron chi connectivity index (χ0n) is 17.3. The van der Waals surface area contributed by atoms with Gasteiger partial charge in [0, 0.05) is 42.8 Å². The lowest BCUT2D eigenvalue weighted by molar-refractivity contribution is 0.190. The molecule has 0 fully saturated rings. The van der Waals surface area contributed by atoms with Gasteiger partial charge in [0.2, 0.25) is 0 Å². The maximum Gasteiger partial charge on any atom is 0.0637 e. The number of halogens is 3. The number of nitrogens with one attached hydrogen (secondary N) is 1. The molecule has 0 saturated carbocycles. The SMILES string of the molecule is CCc1cc(N(CCOC)CCOC)cc2c1Nc1c(C)cccc1S2.I.I.I. The topological polar surface area (TPSA) is 33.7 Å². The molecule has 1 aliphatic heterocycles. The van der Waals surface area contributed by atoms with Gasteiger partial charge < -0.3 is 19.7 Å². The van der Waals surface area contributed by atoms with Crippen molar-refractivity contribution in [3.8, 4) is 0 Å². The monoisotopic (exact) mass is 756 g/mol. The smallest absolute Gasteiger partial charge is 0.0637 e. The van der Waals surface area contributed by atoms with Crippen molar-refractivity contribution in [1.82, 2.24) is 0 Å². The molecule has 2 aromatic carbocycles. The molecule has 0 bridgehead atoms. The van der Waals surface area contributed by atoms with E-state index in [4.69, 9.17) is 9.47 Å². The van der Waals surface area contributed by atoms with E-state index in [0.717, 1.165) is 19.5 Å². The number of para-hydroxylation sites is 1. The van der Waals surface area contributed by atoms with Gasteiger partial charge in [-0.15, -0.1) is 71.9 Å². The zero-order chi connectivity index (χ0) is 18.5. The molecule has 1 heterocycles. The largest absolute Gasteiger partial charge is 0.383 e. The minimum Gasteiger partial charge on any atom is -0.383 e. The van der Waals surface area contributed by atoms with Crippen LogP contribution >= 0.6 is 83.7 Å². The van der Waals surface area contributed by atoms with Crippen molar-refractivity contribution < 1.29 is 9.47 Å². The number of rotatable bonds is 8. The van der Waals surface area contributed by atoms with Crippen LogP contribution < -0.4 is 10.2 Å². The van der Waals surface area contributed by atoms with Gasteiger partial charge in [-0.2, -0.15) is 0 Å². The number of nitrogens with zero attached hydrogens (tertiary/aromatic N) is 1. The molecule has 4 nitrogen and oxygen atoms in total. The Morgan fingerprint density at radius 1 is 0.931 bits per heavy atom. The van der Waals surface area contributed by atoms with E-state index >= 15 is 0 Å². The molecular formula is C21H31I3N2O2S. The average Bonchev–Trinajstić information content (AvgIpc) is 2.66. The van der Waals surface area contributed by atoms with Gasteiger partial charge >= 0.3 is 0 Å². The highest BCUT2D eigenvalue weighted by molar-refractivity contribution is 14.0. The number of methoxy groups -OCH3 is 2. The van der Waals surface area contributed by atoms with Crippen LogP contribution in [0.25, 0.3) is 0 Å². The van der Waals surface area contributed by atoms with Crippen molar-refractivity contribution in [2.45, 2.75) is 30.1 Å². The number of fused-ring (bicyclic) bond motifs is 2. The van der Waals surface area contributed by atoms with Gasteiger partial charge in [0.25, 0.3) is 0 Å². The summed E-state index contributed by atoms with van der Waals surface area (Å²) >= 11 is 1.85. The Morgan fingerprint density at radius 3 is 2.17 bits per heavy atom. The second-order valence-corrected chi connectivity index (χ2v) is 7.56. The summed E-state index contributed by atoms with van der Waals surface area (Å²) in [5.74, 6) is 0. The molecule has 0 spiro atoms. The van der Waals surface area contributed by atoms with Crippen LogP contribution in [0, 0.1) is 6.92 Å². The van der Waals surface area contributed by atoms with Crippen LogP contribution in [0.4, 0.5) is 17.1 Å². The van der Waals surface area contributed by atoms with Crippen molar-refractivity contribution in [1.29, 1.82) is 0 Å². The Morgan fingerprint density at radius 2 is 1.59 bits per heavy atom. The first-order chi connectivity index (χ1) is 12.7. The molecular weight excluding hydrogens is 725 g/mol. The summed E-state index contributed by atoms with van der Waals surface area (Å²) in [6, 6.07) is 11.1. The molecule has 1 N–H and O–H groups in total. The van der Waals surface area contributed by atoms with Crippen LogP contribution in [-0.4, -0.2) is 40.5 Å². The quantitative estimate of drug-likeness (QED) is 0.259. The van der Waals surface area contributed by atoms with Crippen LogP contribution in [0.2, 0.25) is 0 Å². The highest BCUT2D eigenvalue weighted by atomic mass is 127. The number of ether oxygens (including phenoxy) is 2. The Labute approximate surface area is 230 Å². The summed E-state index contributed by atoms with van der Waals surface area (Å²) < 4.78 is 10.6. The normalized spacial score (nSPS) is 11.0. The lowest BCUT2D eigenvalue weighted by Gasteiger charge is -2.29. The number of anilines is 3. The van der Waals surface area contributed by atoms with Gasteiger partial charge in [0.1, 0.15) is 0 Å². The predicted octanol–water partition coefficient (Wildman–Crippen LogP) is 6.72. The highest BCUT2D eigenvalue weighted by Gasteiger charge is 2.21. The molecule has 0 aromatic heterocycles. The lowest BCUT2D eigenvalue weighted by atomic mass is 10.1. The fourth-order valence-corrected chi connectivity index (χ4v) is 4.40. The second kappa shape index (κ2) is 14.5. The molecule has 0 amide bonds. The van der Waals surface area contributed by atoms with Crippen molar-refractivity contribution in [3.63, 3.8) is 0 Å².